The molecule has 3 N–H and O–H groups in total. The molecule has 3 atom stereocenters. The Kier molecular flexibility index (Phi) is 6.38. The van der Waals surface area contributed by atoms with E-state index in [0.29, 0.717) is 58.7 Å². The smallest absolute Gasteiger partial charge is 0.223 e. The molecule has 2 aliphatic heterocycles. The van der Waals surface area contributed by atoms with Crippen LogP contribution in [0.1, 0.15) is 29.8 Å². The summed E-state index contributed by atoms with van der Waals surface area (Å²) < 4.78 is 5.41. The van der Waals surface area contributed by atoms with Crippen LogP contribution in [0.25, 0.3) is 11.0 Å². The Balaban J connectivity index is 1.41. The largest absolute Gasteiger partial charge is 0.390 e. The number of carbonyl (C=O) groups is 1. The number of likely N-dealkylation sites (tertiary alicyclic amines) is 1. The normalized spacial score (nSPS) is 26.1. The fourth-order valence-corrected chi connectivity index (χ4v) is 4.43. The molecule has 8 heteroatoms. The number of amides is 1. The van der Waals surface area contributed by atoms with Crippen molar-refractivity contribution in [2.45, 2.75) is 51.4 Å². The Bertz CT molecular complexity index is 854. The molecule has 4 rings (SSSR count). The van der Waals surface area contributed by atoms with Gasteiger partial charge in [-0.2, -0.15) is 0 Å². The highest BCUT2D eigenvalue weighted by atomic mass is 16.5. The summed E-state index contributed by atoms with van der Waals surface area (Å²) in [6.07, 6.45) is -0.410. The predicted octanol–water partition coefficient (Wildman–Crippen LogP) is 0.767. The number of aromatic nitrogens is 2. The highest BCUT2D eigenvalue weighted by molar-refractivity contribution is 5.78. The molecule has 1 amide bonds. The van der Waals surface area contributed by atoms with Crippen LogP contribution >= 0.6 is 0 Å². The number of aliphatic hydroxyl groups excluding tert-OH is 2. The number of fused-ring (bicyclic) bond motifs is 1. The van der Waals surface area contributed by atoms with Gasteiger partial charge >= 0.3 is 0 Å². The summed E-state index contributed by atoms with van der Waals surface area (Å²) in [5.74, 6) is 0.838. The first-order valence-electron chi connectivity index (χ1n) is 10.8. The van der Waals surface area contributed by atoms with Gasteiger partial charge in [-0.1, -0.05) is 0 Å². The lowest BCUT2D eigenvalue weighted by Crippen LogP contribution is -2.55. The number of carbonyl (C=O) groups excluding carboxylic acids is 1. The lowest BCUT2D eigenvalue weighted by molar-refractivity contribution is -0.132. The van der Waals surface area contributed by atoms with Gasteiger partial charge in [-0.3, -0.25) is 9.69 Å². The fraction of sp³-hybridized carbons (Fsp3) is 0.636. The second-order valence-electron chi connectivity index (χ2n) is 8.54. The van der Waals surface area contributed by atoms with Gasteiger partial charge in [0.15, 0.2) is 0 Å². The zero-order valence-electron chi connectivity index (χ0n) is 17.8. The van der Waals surface area contributed by atoms with Crippen LogP contribution in [0.5, 0.6) is 0 Å². The number of nitrogens with zero attached hydrogens (tertiary/aromatic N) is 3. The summed E-state index contributed by atoms with van der Waals surface area (Å²) in [6.45, 7) is 7.65. The number of hydrogen-bond acceptors (Lipinski definition) is 6. The lowest BCUT2D eigenvalue weighted by atomic mass is 10.0. The van der Waals surface area contributed by atoms with Crippen molar-refractivity contribution in [3.05, 3.63) is 29.1 Å². The van der Waals surface area contributed by atoms with Crippen molar-refractivity contribution in [1.82, 2.24) is 19.8 Å². The number of nitrogens with one attached hydrogen (secondary N) is 1. The third-order valence-corrected chi connectivity index (χ3v) is 6.48. The summed E-state index contributed by atoms with van der Waals surface area (Å²) in [5.41, 5.74) is 4.33. The first-order chi connectivity index (χ1) is 14.4. The number of H-pyrrole nitrogens is 1. The minimum atomic E-state index is -0.859. The second-order valence-corrected chi connectivity index (χ2v) is 8.54. The zero-order valence-corrected chi connectivity index (χ0v) is 17.8. The molecule has 2 saturated heterocycles. The van der Waals surface area contributed by atoms with Crippen LogP contribution in [0.3, 0.4) is 0 Å². The predicted molar refractivity (Wildman–Crippen MR) is 113 cm³/mol. The van der Waals surface area contributed by atoms with Crippen LogP contribution < -0.4 is 0 Å². The molecule has 1 aromatic heterocycles. The maximum Gasteiger partial charge on any atom is 0.223 e. The maximum atomic E-state index is 13.0. The van der Waals surface area contributed by atoms with E-state index in [0.717, 1.165) is 16.9 Å². The summed E-state index contributed by atoms with van der Waals surface area (Å²) >= 11 is 0. The monoisotopic (exact) mass is 416 g/mol. The molecule has 0 bridgehead atoms. The molecule has 2 aliphatic rings. The summed E-state index contributed by atoms with van der Waals surface area (Å²) in [5, 5.41) is 20.9. The number of ether oxygens (including phenoxy) is 1. The van der Waals surface area contributed by atoms with Crippen molar-refractivity contribution in [3.63, 3.8) is 0 Å². The van der Waals surface area contributed by atoms with E-state index in [1.54, 1.807) is 4.90 Å². The van der Waals surface area contributed by atoms with Crippen molar-refractivity contribution < 1.29 is 19.7 Å². The van der Waals surface area contributed by atoms with Crippen LogP contribution in [0.15, 0.2) is 12.1 Å². The molecule has 2 fully saturated rings. The topological polar surface area (TPSA) is 102 Å². The van der Waals surface area contributed by atoms with Crippen molar-refractivity contribution in [3.8, 4) is 0 Å². The average Bonchev–Trinajstić information content (AvgIpc) is 3.06. The molecule has 0 unspecified atom stereocenters. The Labute approximate surface area is 176 Å². The summed E-state index contributed by atoms with van der Waals surface area (Å²) in [6, 6.07) is 3.89. The SMILES string of the molecule is Cc1cc2nc(CCC(=O)N3CC[C@@H](O)[C@@H](O)[C@H](N4CCOCC4)C3)[nH]c2cc1C. The van der Waals surface area contributed by atoms with Crippen molar-refractivity contribution in [2.24, 2.45) is 0 Å². The molecule has 0 spiro atoms. The third kappa shape index (κ3) is 4.51. The number of morpholine rings is 1. The Morgan fingerprint density at radius 2 is 1.93 bits per heavy atom. The fourth-order valence-electron chi connectivity index (χ4n) is 4.43. The third-order valence-electron chi connectivity index (χ3n) is 6.48. The van der Waals surface area contributed by atoms with E-state index < -0.39 is 12.2 Å². The Hall–Kier alpha value is -2.00. The quantitative estimate of drug-likeness (QED) is 0.681. The lowest BCUT2D eigenvalue weighted by Gasteiger charge is -2.38. The number of aryl methyl sites for hydroxylation is 3. The molecule has 1 aromatic carbocycles. The number of hydrogen-bond donors (Lipinski definition) is 3. The number of rotatable bonds is 4. The van der Waals surface area contributed by atoms with E-state index in [9.17, 15) is 15.0 Å². The van der Waals surface area contributed by atoms with Crippen molar-refractivity contribution in [1.29, 1.82) is 0 Å². The number of aromatic amines is 1. The summed E-state index contributed by atoms with van der Waals surface area (Å²) in [7, 11) is 0. The molecular formula is C22H32N4O4. The number of benzene rings is 1. The van der Waals surface area contributed by atoms with E-state index >= 15 is 0 Å². The minimum Gasteiger partial charge on any atom is -0.390 e. The molecule has 0 radical (unpaired) electrons. The standard InChI is InChI=1S/C22H32N4O4/c1-14-11-16-17(12-15(14)2)24-20(23-16)3-4-21(28)26-6-5-19(27)22(29)18(13-26)25-7-9-30-10-8-25/h11-12,18-19,22,27,29H,3-10,13H2,1-2H3,(H,23,24)/t18-,19-,22+/m1/s1. The molecule has 30 heavy (non-hydrogen) atoms. The van der Waals surface area contributed by atoms with Gasteiger partial charge in [0.2, 0.25) is 5.91 Å². The van der Waals surface area contributed by atoms with Gasteiger partial charge in [-0.25, -0.2) is 4.98 Å². The molecule has 3 heterocycles. The van der Waals surface area contributed by atoms with Crippen LogP contribution in [0.4, 0.5) is 0 Å². The van der Waals surface area contributed by atoms with E-state index in [-0.39, 0.29) is 11.9 Å². The first-order valence-corrected chi connectivity index (χ1v) is 10.8. The molecule has 2 aromatic rings. The van der Waals surface area contributed by atoms with Gasteiger partial charge in [0.25, 0.3) is 0 Å². The van der Waals surface area contributed by atoms with Crippen LogP contribution in [0.2, 0.25) is 0 Å². The molecule has 0 aliphatic carbocycles. The second kappa shape index (κ2) is 9.01. The van der Waals surface area contributed by atoms with E-state index in [4.69, 9.17) is 4.74 Å². The summed E-state index contributed by atoms with van der Waals surface area (Å²) in [4.78, 5) is 24.8. The molecule has 8 nitrogen and oxygen atoms in total. The highest BCUT2D eigenvalue weighted by Crippen LogP contribution is 2.21. The minimum absolute atomic E-state index is 0.0300. The van der Waals surface area contributed by atoms with Crippen LogP contribution in [-0.4, -0.2) is 93.5 Å². The molecular weight excluding hydrogens is 384 g/mol. The average molecular weight is 417 g/mol. The van der Waals surface area contributed by atoms with Crippen LogP contribution in [-0.2, 0) is 16.0 Å². The van der Waals surface area contributed by atoms with E-state index in [1.807, 2.05) is 0 Å². The van der Waals surface area contributed by atoms with Gasteiger partial charge in [0, 0.05) is 39.0 Å². The Morgan fingerprint density at radius 3 is 2.70 bits per heavy atom. The van der Waals surface area contributed by atoms with Crippen molar-refractivity contribution in [2.75, 3.05) is 39.4 Å². The van der Waals surface area contributed by atoms with Crippen molar-refractivity contribution >= 4 is 16.9 Å². The van der Waals surface area contributed by atoms with Crippen LogP contribution in [0, 0.1) is 13.8 Å². The van der Waals surface area contributed by atoms with E-state index in [2.05, 4.69) is 40.8 Å². The van der Waals surface area contributed by atoms with Gasteiger partial charge in [0.1, 0.15) is 5.82 Å². The van der Waals surface area contributed by atoms with E-state index in [1.165, 1.54) is 11.1 Å². The van der Waals surface area contributed by atoms with Gasteiger partial charge in [0.05, 0.1) is 42.5 Å². The molecule has 0 saturated carbocycles. The zero-order chi connectivity index (χ0) is 21.3. The van der Waals surface area contributed by atoms with Gasteiger partial charge in [-0.15, -0.1) is 0 Å². The van der Waals surface area contributed by atoms with Gasteiger partial charge in [-0.05, 0) is 43.5 Å². The number of imidazole rings is 1. The maximum absolute atomic E-state index is 13.0. The Morgan fingerprint density at radius 1 is 1.20 bits per heavy atom. The number of aliphatic hydroxyl groups is 2. The first kappa shape index (κ1) is 21.2. The molecule has 164 valence electrons. The highest BCUT2D eigenvalue weighted by Gasteiger charge is 2.37. The van der Waals surface area contributed by atoms with Gasteiger partial charge < -0.3 is 24.8 Å².